The summed E-state index contributed by atoms with van der Waals surface area (Å²) in [5.41, 5.74) is 8.28. The summed E-state index contributed by atoms with van der Waals surface area (Å²) in [6.07, 6.45) is -0.863. The average Bonchev–Trinajstić information content (AvgIpc) is 3.03. The molecule has 0 bridgehead atoms. The second-order valence-electron chi connectivity index (χ2n) is 9.43. The predicted molar refractivity (Wildman–Crippen MR) is 130 cm³/mol. The van der Waals surface area contributed by atoms with Gasteiger partial charge in [-0.25, -0.2) is 9.59 Å². The Morgan fingerprint density at radius 2 is 1.35 bits per heavy atom. The van der Waals surface area contributed by atoms with Crippen molar-refractivity contribution in [3.8, 4) is 6.07 Å². The Balaban J connectivity index is 2.36. The Morgan fingerprint density at radius 1 is 0.882 bits per heavy atom. The van der Waals surface area contributed by atoms with E-state index in [0.29, 0.717) is 5.56 Å². The Bertz CT molecular complexity index is 1140. The van der Waals surface area contributed by atoms with Gasteiger partial charge in [-0.3, -0.25) is 0 Å². The van der Waals surface area contributed by atoms with Crippen LogP contribution in [0, 0.1) is 30.6 Å². The lowest BCUT2D eigenvalue weighted by molar-refractivity contribution is -0.155. The van der Waals surface area contributed by atoms with Gasteiger partial charge in [0, 0.05) is 11.8 Å². The van der Waals surface area contributed by atoms with Crippen molar-refractivity contribution in [1.82, 2.24) is 0 Å². The highest BCUT2D eigenvalue weighted by Gasteiger charge is 2.62. The maximum atomic E-state index is 13.6. The molecule has 0 amide bonds. The standard InChI is InChI=1S/C28H32N2O4/c1-16(2)33-26(31)23-22(20-11-7-18(5)8-12-20)24(21-13-9-19(6)10-14-21)28(15-29,25(23)30)27(32)34-17(3)4/h7-14,16-17,22,24H,30H2,1-6H3/t22-,24+,28-/m0/s1. The van der Waals surface area contributed by atoms with Gasteiger partial charge >= 0.3 is 11.9 Å². The van der Waals surface area contributed by atoms with Crippen molar-refractivity contribution in [3.05, 3.63) is 82.1 Å². The third-order valence-electron chi connectivity index (χ3n) is 6.10. The highest BCUT2D eigenvalue weighted by molar-refractivity contribution is 5.98. The summed E-state index contributed by atoms with van der Waals surface area (Å²) in [6.45, 7) is 10.8. The number of hydrogen-bond acceptors (Lipinski definition) is 6. The smallest absolute Gasteiger partial charge is 0.336 e. The van der Waals surface area contributed by atoms with Crippen molar-refractivity contribution in [2.75, 3.05) is 0 Å². The zero-order valence-corrected chi connectivity index (χ0v) is 20.6. The minimum atomic E-state index is -1.89. The maximum absolute atomic E-state index is 13.6. The monoisotopic (exact) mass is 460 g/mol. The van der Waals surface area contributed by atoms with E-state index < -0.39 is 41.4 Å². The summed E-state index contributed by atoms with van der Waals surface area (Å²) < 4.78 is 11.1. The summed E-state index contributed by atoms with van der Waals surface area (Å²) in [7, 11) is 0. The number of nitrogens with zero attached hydrogens (tertiary/aromatic N) is 1. The van der Waals surface area contributed by atoms with Gasteiger partial charge in [-0.05, 0) is 52.7 Å². The van der Waals surface area contributed by atoms with Gasteiger partial charge in [-0.15, -0.1) is 0 Å². The molecule has 0 unspecified atom stereocenters. The van der Waals surface area contributed by atoms with Crippen LogP contribution < -0.4 is 5.73 Å². The Labute approximate surface area is 201 Å². The third-order valence-corrected chi connectivity index (χ3v) is 6.10. The fourth-order valence-electron chi connectivity index (χ4n) is 4.55. The van der Waals surface area contributed by atoms with Crippen molar-refractivity contribution >= 4 is 11.9 Å². The summed E-state index contributed by atoms with van der Waals surface area (Å²) >= 11 is 0. The van der Waals surface area contributed by atoms with E-state index in [1.807, 2.05) is 62.4 Å². The fourth-order valence-corrected chi connectivity index (χ4v) is 4.55. The molecular weight excluding hydrogens is 428 g/mol. The van der Waals surface area contributed by atoms with Crippen LogP contribution in [-0.4, -0.2) is 24.1 Å². The number of hydrogen-bond donors (Lipinski definition) is 1. The van der Waals surface area contributed by atoms with Crippen LogP contribution in [0.25, 0.3) is 0 Å². The Kier molecular flexibility index (Phi) is 7.16. The molecule has 3 atom stereocenters. The van der Waals surface area contributed by atoms with Gasteiger partial charge < -0.3 is 15.2 Å². The second kappa shape index (κ2) is 9.72. The highest BCUT2D eigenvalue weighted by atomic mass is 16.5. The molecule has 2 N–H and O–H groups in total. The van der Waals surface area contributed by atoms with Gasteiger partial charge in [-0.1, -0.05) is 59.7 Å². The van der Waals surface area contributed by atoms with E-state index in [1.54, 1.807) is 27.7 Å². The van der Waals surface area contributed by atoms with Crippen LogP contribution in [-0.2, 0) is 19.1 Å². The minimum absolute atomic E-state index is 0.109. The number of carbonyl (C=O) groups is 2. The first kappa shape index (κ1) is 25.0. The molecule has 2 aromatic carbocycles. The van der Waals surface area contributed by atoms with Crippen LogP contribution in [0.2, 0.25) is 0 Å². The molecule has 2 aromatic rings. The molecule has 0 fully saturated rings. The first-order chi connectivity index (χ1) is 16.0. The number of esters is 2. The molecule has 1 aliphatic carbocycles. The zero-order valence-electron chi connectivity index (χ0n) is 20.6. The van der Waals surface area contributed by atoms with Crippen molar-refractivity contribution in [2.24, 2.45) is 11.1 Å². The molecule has 1 aliphatic rings. The molecule has 0 heterocycles. The van der Waals surface area contributed by atoms with E-state index in [4.69, 9.17) is 15.2 Å². The minimum Gasteiger partial charge on any atom is -0.461 e. The zero-order chi connectivity index (χ0) is 25.2. The third kappa shape index (κ3) is 4.43. The van der Waals surface area contributed by atoms with E-state index in [-0.39, 0.29) is 11.3 Å². The number of nitrogens with two attached hydrogens (primary N) is 1. The number of rotatable bonds is 6. The van der Waals surface area contributed by atoms with Crippen molar-refractivity contribution in [2.45, 2.75) is 65.6 Å². The topological polar surface area (TPSA) is 102 Å². The maximum Gasteiger partial charge on any atom is 0.336 e. The lowest BCUT2D eigenvalue weighted by atomic mass is 9.68. The molecule has 0 aromatic heterocycles. The SMILES string of the molecule is Cc1ccc([C@H]2C(C(=O)OC(C)C)=C(N)[C@@](C#N)(C(=O)OC(C)C)[C@@H]2c2ccc(C)cc2)cc1. The van der Waals surface area contributed by atoms with Crippen LogP contribution in [0.3, 0.4) is 0 Å². The van der Waals surface area contributed by atoms with Crippen LogP contribution >= 0.6 is 0 Å². The molecule has 0 spiro atoms. The van der Waals surface area contributed by atoms with Gasteiger partial charge in [0.1, 0.15) is 0 Å². The largest absolute Gasteiger partial charge is 0.461 e. The molecule has 0 radical (unpaired) electrons. The Morgan fingerprint density at radius 3 is 1.79 bits per heavy atom. The number of benzene rings is 2. The molecule has 0 aliphatic heterocycles. The quantitative estimate of drug-likeness (QED) is 0.621. The Hall–Kier alpha value is -3.59. The summed E-state index contributed by atoms with van der Waals surface area (Å²) in [5.74, 6) is -2.85. The normalized spacial score (nSPS) is 22.1. The molecule has 6 heteroatoms. The average molecular weight is 461 g/mol. The number of carbonyl (C=O) groups excluding carboxylic acids is 2. The van der Waals surface area contributed by atoms with Crippen molar-refractivity contribution < 1.29 is 19.1 Å². The lowest BCUT2D eigenvalue weighted by Gasteiger charge is -2.32. The summed E-state index contributed by atoms with van der Waals surface area (Å²) in [6, 6.07) is 17.4. The number of ether oxygens (including phenoxy) is 2. The van der Waals surface area contributed by atoms with Crippen molar-refractivity contribution in [3.63, 3.8) is 0 Å². The van der Waals surface area contributed by atoms with E-state index in [0.717, 1.165) is 16.7 Å². The second-order valence-corrected chi connectivity index (χ2v) is 9.43. The van der Waals surface area contributed by atoms with E-state index >= 15 is 0 Å². The summed E-state index contributed by atoms with van der Waals surface area (Å²) in [4.78, 5) is 27.0. The lowest BCUT2D eigenvalue weighted by Crippen LogP contribution is -2.41. The molecule has 178 valence electrons. The number of nitriles is 1. The highest BCUT2D eigenvalue weighted by Crippen LogP contribution is 2.59. The van der Waals surface area contributed by atoms with Crippen LogP contribution in [0.5, 0.6) is 0 Å². The summed E-state index contributed by atoms with van der Waals surface area (Å²) in [5, 5.41) is 10.5. The van der Waals surface area contributed by atoms with Gasteiger partial charge in [-0.2, -0.15) is 5.26 Å². The number of aryl methyl sites for hydroxylation is 2. The predicted octanol–water partition coefficient (Wildman–Crippen LogP) is 4.81. The van der Waals surface area contributed by atoms with Crippen LogP contribution in [0.15, 0.2) is 59.8 Å². The first-order valence-electron chi connectivity index (χ1n) is 11.5. The van der Waals surface area contributed by atoms with Gasteiger partial charge in [0.2, 0.25) is 5.41 Å². The molecule has 0 saturated carbocycles. The van der Waals surface area contributed by atoms with Crippen molar-refractivity contribution in [1.29, 1.82) is 5.26 Å². The molecular formula is C28H32N2O4. The molecule has 34 heavy (non-hydrogen) atoms. The molecule has 6 nitrogen and oxygen atoms in total. The fraction of sp³-hybridized carbons (Fsp3) is 0.393. The van der Waals surface area contributed by atoms with Gasteiger partial charge in [0.25, 0.3) is 0 Å². The van der Waals surface area contributed by atoms with E-state index in [9.17, 15) is 14.9 Å². The van der Waals surface area contributed by atoms with Gasteiger partial charge in [0.15, 0.2) is 0 Å². The first-order valence-corrected chi connectivity index (χ1v) is 11.5. The molecule has 0 saturated heterocycles. The van der Waals surface area contributed by atoms with Crippen LogP contribution in [0.1, 0.15) is 61.8 Å². The van der Waals surface area contributed by atoms with E-state index in [2.05, 4.69) is 6.07 Å². The van der Waals surface area contributed by atoms with E-state index in [1.165, 1.54) is 0 Å². The molecule has 3 rings (SSSR count). The van der Waals surface area contributed by atoms with Crippen LogP contribution in [0.4, 0.5) is 0 Å². The van der Waals surface area contributed by atoms with Gasteiger partial charge in [0.05, 0.1) is 29.5 Å².